The van der Waals surface area contributed by atoms with E-state index >= 15 is 0 Å². The monoisotopic (exact) mass is 247 g/mol. The van der Waals surface area contributed by atoms with Gasteiger partial charge in [0.05, 0.1) is 5.92 Å². The van der Waals surface area contributed by atoms with Crippen LogP contribution in [0.1, 0.15) is 51.7 Å². The molecule has 1 atom stereocenters. The third kappa shape index (κ3) is 4.17. The molecule has 18 heavy (non-hydrogen) atoms. The minimum atomic E-state index is -0.186. The first-order valence-electron chi connectivity index (χ1n) is 6.59. The van der Waals surface area contributed by atoms with Crippen LogP contribution in [0.15, 0.2) is 24.3 Å². The highest BCUT2D eigenvalue weighted by Crippen LogP contribution is 2.25. The molecule has 0 aromatic heterocycles. The lowest BCUT2D eigenvalue weighted by Gasteiger charge is -2.27. The maximum absolute atomic E-state index is 12.4. The van der Waals surface area contributed by atoms with Gasteiger partial charge in [0, 0.05) is 5.54 Å². The van der Waals surface area contributed by atoms with Gasteiger partial charge in [0.25, 0.3) is 0 Å². The van der Waals surface area contributed by atoms with Gasteiger partial charge in [0.1, 0.15) is 0 Å². The van der Waals surface area contributed by atoms with Crippen molar-refractivity contribution >= 4 is 5.91 Å². The first kappa shape index (κ1) is 14.7. The number of rotatable bonds is 3. The quantitative estimate of drug-likeness (QED) is 0.868. The second-order valence-electron chi connectivity index (χ2n) is 6.37. The number of benzene rings is 1. The van der Waals surface area contributed by atoms with Crippen LogP contribution in [0.2, 0.25) is 0 Å². The highest BCUT2D eigenvalue weighted by atomic mass is 16.2. The van der Waals surface area contributed by atoms with E-state index in [9.17, 15) is 4.79 Å². The molecule has 1 aromatic carbocycles. The number of hydrogen-bond donors (Lipinski definition) is 1. The van der Waals surface area contributed by atoms with Crippen LogP contribution >= 0.6 is 0 Å². The van der Waals surface area contributed by atoms with E-state index in [0.717, 1.165) is 5.56 Å². The Morgan fingerprint density at radius 2 is 1.61 bits per heavy atom. The molecule has 0 radical (unpaired) electrons. The third-order valence-electron chi connectivity index (χ3n) is 2.88. The number of nitrogens with one attached hydrogen (secondary N) is 1. The van der Waals surface area contributed by atoms with Gasteiger partial charge >= 0.3 is 0 Å². The summed E-state index contributed by atoms with van der Waals surface area (Å²) < 4.78 is 0. The van der Waals surface area contributed by atoms with Crippen LogP contribution in [-0.4, -0.2) is 11.4 Å². The highest BCUT2D eigenvalue weighted by molar-refractivity contribution is 5.84. The van der Waals surface area contributed by atoms with Crippen molar-refractivity contribution in [1.29, 1.82) is 0 Å². The summed E-state index contributed by atoms with van der Waals surface area (Å²) in [6.45, 7) is 12.3. The molecule has 1 rings (SSSR count). The summed E-state index contributed by atoms with van der Waals surface area (Å²) in [6, 6.07) is 8.24. The molecule has 1 aromatic rings. The summed E-state index contributed by atoms with van der Waals surface area (Å²) in [5, 5.41) is 3.07. The molecule has 1 unspecified atom stereocenters. The van der Waals surface area contributed by atoms with Gasteiger partial charge in [-0.3, -0.25) is 4.79 Å². The first-order chi connectivity index (χ1) is 8.20. The summed E-state index contributed by atoms with van der Waals surface area (Å²) in [4.78, 5) is 12.4. The van der Waals surface area contributed by atoms with Crippen molar-refractivity contribution in [3.05, 3.63) is 35.4 Å². The van der Waals surface area contributed by atoms with Crippen molar-refractivity contribution < 1.29 is 4.79 Å². The minimum Gasteiger partial charge on any atom is -0.351 e. The Hall–Kier alpha value is -1.31. The normalized spacial score (nSPS) is 13.5. The molecule has 0 aliphatic heterocycles. The molecular formula is C16H25NO. The number of carbonyl (C=O) groups excluding carboxylic acids is 1. The average molecular weight is 247 g/mol. The van der Waals surface area contributed by atoms with Gasteiger partial charge in [-0.1, -0.05) is 43.7 Å². The summed E-state index contributed by atoms with van der Waals surface area (Å²) >= 11 is 0. The standard InChI is InChI=1S/C16H25NO/c1-11(2)14(15(18)17-16(4,5)6)13-9-7-12(3)8-10-13/h7-11,14H,1-6H3,(H,17,18). The van der Waals surface area contributed by atoms with Gasteiger partial charge < -0.3 is 5.32 Å². The molecule has 1 N–H and O–H groups in total. The number of amides is 1. The van der Waals surface area contributed by atoms with Crippen LogP contribution in [0, 0.1) is 12.8 Å². The SMILES string of the molecule is Cc1ccc(C(C(=O)NC(C)(C)C)C(C)C)cc1. The first-order valence-corrected chi connectivity index (χ1v) is 6.59. The fraction of sp³-hybridized carbons (Fsp3) is 0.562. The van der Waals surface area contributed by atoms with Crippen LogP contribution in [-0.2, 0) is 4.79 Å². The van der Waals surface area contributed by atoms with Crippen molar-refractivity contribution in [3.63, 3.8) is 0 Å². The van der Waals surface area contributed by atoms with E-state index < -0.39 is 0 Å². The van der Waals surface area contributed by atoms with Crippen LogP contribution in [0.3, 0.4) is 0 Å². The van der Waals surface area contributed by atoms with Crippen LogP contribution in [0.4, 0.5) is 0 Å². The van der Waals surface area contributed by atoms with Gasteiger partial charge in [-0.05, 0) is 39.2 Å². The molecule has 0 aliphatic rings. The topological polar surface area (TPSA) is 29.1 Å². The molecule has 2 nitrogen and oxygen atoms in total. The Kier molecular flexibility index (Phi) is 4.55. The second kappa shape index (κ2) is 5.55. The maximum Gasteiger partial charge on any atom is 0.228 e. The smallest absolute Gasteiger partial charge is 0.228 e. The molecule has 2 heteroatoms. The molecule has 0 fully saturated rings. The molecule has 0 heterocycles. The van der Waals surface area contributed by atoms with Crippen LogP contribution < -0.4 is 5.32 Å². The fourth-order valence-corrected chi connectivity index (χ4v) is 2.06. The van der Waals surface area contributed by atoms with E-state index in [0.29, 0.717) is 0 Å². The van der Waals surface area contributed by atoms with E-state index in [-0.39, 0.29) is 23.3 Å². The molecule has 0 bridgehead atoms. The Morgan fingerprint density at radius 1 is 1.11 bits per heavy atom. The third-order valence-corrected chi connectivity index (χ3v) is 2.88. The summed E-state index contributed by atoms with van der Waals surface area (Å²) in [5.41, 5.74) is 2.13. The lowest BCUT2D eigenvalue weighted by atomic mass is 9.86. The zero-order chi connectivity index (χ0) is 13.9. The van der Waals surface area contributed by atoms with E-state index in [1.807, 2.05) is 20.8 Å². The predicted octanol–water partition coefficient (Wildman–Crippen LogP) is 3.65. The Morgan fingerprint density at radius 3 is 2.00 bits per heavy atom. The van der Waals surface area contributed by atoms with Gasteiger partial charge in [0.2, 0.25) is 5.91 Å². The number of aryl methyl sites for hydroxylation is 1. The zero-order valence-electron chi connectivity index (χ0n) is 12.4. The number of hydrogen-bond acceptors (Lipinski definition) is 1. The zero-order valence-corrected chi connectivity index (χ0v) is 12.4. The largest absolute Gasteiger partial charge is 0.351 e. The average Bonchev–Trinajstić information content (AvgIpc) is 2.18. The van der Waals surface area contributed by atoms with E-state index in [1.54, 1.807) is 0 Å². The summed E-state index contributed by atoms with van der Waals surface area (Å²) in [6.07, 6.45) is 0. The highest BCUT2D eigenvalue weighted by Gasteiger charge is 2.26. The van der Waals surface area contributed by atoms with Crippen molar-refractivity contribution in [2.24, 2.45) is 5.92 Å². The molecule has 1 amide bonds. The van der Waals surface area contributed by atoms with Crippen LogP contribution in [0.25, 0.3) is 0 Å². The van der Waals surface area contributed by atoms with Crippen molar-refractivity contribution in [2.45, 2.75) is 53.0 Å². The second-order valence-corrected chi connectivity index (χ2v) is 6.37. The van der Waals surface area contributed by atoms with Crippen molar-refractivity contribution in [1.82, 2.24) is 5.32 Å². The molecule has 0 saturated heterocycles. The van der Waals surface area contributed by atoms with E-state index in [4.69, 9.17) is 0 Å². The molecule has 0 spiro atoms. The summed E-state index contributed by atoms with van der Waals surface area (Å²) in [7, 11) is 0. The molecular weight excluding hydrogens is 222 g/mol. The Bertz CT molecular complexity index is 398. The fourth-order valence-electron chi connectivity index (χ4n) is 2.06. The number of carbonyl (C=O) groups is 1. The van der Waals surface area contributed by atoms with Crippen LogP contribution in [0.5, 0.6) is 0 Å². The minimum absolute atomic E-state index is 0.0789. The molecule has 0 aliphatic carbocycles. The van der Waals surface area contributed by atoms with Crippen molar-refractivity contribution in [3.8, 4) is 0 Å². The van der Waals surface area contributed by atoms with Crippen molar-refractivity contribution in [2.75, 3.05) is 0 Å². The van der Waals surface area contributed by atoms with Gasteiger partial charge in [-0.2, -0.15) is 0 Å². The van der Waals surface area contributed by atoms with E-state index in [2.05, 4.69) is 50.4 Å². The Balaban J connectivity index is 2.96. The van der Waals surface area contributed by atoms with Gasteiger partial charge in [-0.15, -0.1) is 0 Å². The van der Waals surface area contributed by atoms with Gasteiger partial charge in [-0.25, -0.2) is 0 Å². The predicted molar refractivity (Wildman–Crippen MR) is 76.7 cm³/mol. The van der Waals surface area contributed by atoms with Gasteiger partial charge in [0.15, 0.2) is 0 Å². The maximum atomic E-state index is 12.4. The lowest BCUT2D eigenvalue weighted by Crippen LogP contribution is -2.44. The Labute approximate surface area is 111 Å². The molecule has 100 valence electrons. The lowest BCUT2D eigenvalue weighted by molar-refractivity contribution is -0.124. The molecule has 0 saturated carbocycles. The summed E-state index contributed by atoms with van der Waals surface area (Å²) in [5.74, 6) is 0.321. The van der Waals surface area contributed by atoms with E-state index in [1.165, 1.54) is 5.56 Å².